The number of anilines is 1. The molecule has 1 saturated heterocycles. The van der Waals surface area contributed by atoms with Gasteiger partial charge in [0.15, 0.2) is 0 Å². The molecule has 2 aliphatic rings. The number of aliphatic hydroxyl groups excluding tert-OH is 1. The zero-order valence-electron chi connectivity index (χ0n) is 21.3. The van der Waals surface area contributed by atoms with Gasteiger partial charge in [0.25, 0.3) is 0 Å². The average molecular weight is 508 g/mol. The third-order valence-corrected chi connectivity index (χ3v) is 9.43. The average Bonchev–Trinajstić information content (AvgIpc) is 3.22. The monoisotopic (exact) mass is 507 g/mol. The van der Waals surface area contributed by atoms with E-state index in [9.17, 15) is 13.5 Å². The van der Waals surface area contributed by atoms with Gasteiger partial charge in [0.2, 0.25) is 16.0 Å². The minimum atomic E-state index is -3.29. The third-order valence-electron chi connectivity index (χ3n) is 7.59. The fourth-order valence-corrected chi connectivity index (χ4v) is 6.95. The molecule has 2 fully saturated rings. The summed E-state index contributed by atoms with van der Waals surface area (Å²) in [5.41, 5.74) is 2.16. The number of fused-ring (bicyclic) bond motifs is 1. The summed E-state index contributed by atoms with van der Waals surface area (Å²) >= 11 is 0. The van der Waals surface area contributed by atoms with Gasteiger partial charge in [0.1, 0.15) is 5.65 Å². The van der Waals surface area contributed by atoms with Gasteiger partial charge >= 0.3 is 0 Å². The molecule has 0 bridgehead atoms. The van der Waals surface area contributed by atoms with Crippen LogP contribution in [0.3, 0.4) is 0 Å². The van der Waals surface area contributed by atoms with Crippen molar-refractivity contribution in [3.8, 4) is 0 Å². The van der Waals surface area contributed by atoms with E-state index in [0.717, 1.165) is 62.4 Å². The van der Waals surface area contributed by atoms with E-state index in [1.165, 1.54) is 12.7 Å². The van der Waals surface area contributed by atoms with Crippen LogP contribution in [0.4, 0.5) is 5.95 Å². The molecular formula is C25H41N5O4S. The van der Waals surface area contributed by atoms with Crippen LogP contribution < -0.4 is 5.32 Å². The molecule has 1 atom stereocenters. The number of sulfonamides is 1. The molecule has 2 aromatic rings. The van der Waals surface area contributed by atoms with E-state index in [1.807, 2.05) is 6.20 Å². The number of hydrogen-bond acceptors (Lipinski definition) is 7. The Hall–Kier alpha value is -1.75. The molecule has 196 valence electrons. The SMILES string of the molecule is CCCC(C)Nc1ncc2c(C3CCN(S(=O)(=O)CCOC)CC3)cn(C3CCC(O)CC3)c2n1. The lowest BCUT2D eigenvalue weighted by atomic mass is 9.90. The molecule has 0 spiro atoms. The highest BCUT2D eigenvalue weighted by Crippen LogP contribution is 2.38. The van der Waals surface area contributed by atoms with Crippen LogP contribution >= 0.6 is 0 Å². The molecule has 3 heterocycles. The Morgan fingerprint density at radius 1 is 1.20 bits per heavy atom. The largest absolute Gasteiger partial charge is 0.393 e. The van der Waals surface area contributed by atoms with Gasteiger partial charge in [-0.05, 0) is 63.4 Å². The molecule has 1 aliphatic carbocycles. The number of nitrogens with zero attached hydrogens (tertiary/aromatic N) is 4. The lowest BCUT2D eigenvalue weighted by Crippen LogP contribution is -2.39. The van der Waals surface area contributed by atoms with Crippen LogP contribution in [0.1, 0.15) is 82.7 Å². The Morgan fingerprint density at radius 3 is 2.57 bits per heavy atom. The number of rotatable bonds is 10. The minimum absolute atomic E-state index is 0.0288. The highest BCUT2D eigenvalue weighted by atomic mass is 32.2. The molecule has 10 heteroatoms. The van der Waals surface area contributed by atoms with Gasteiger partial charge < -0.3 is 19.7 Å². The summed E-state index contributed by atoms with van der Waals surface area (Å²) in [6, 6.07) is 0.606. The van der Waals surface area contributed by atoms with Crippen molar-refractivity contribution in [2.24, 2.45) is 0 Å². The fraction of sp³-hybridized carbons (Fsp3) is 0.760. The van der Waals surface area contributed by atoms with Gasteiger partial charge in [0, 0.05) is 50.1 Å². The standard InChI is InChI=1S/C25H41N5O4S/c1-4-5-18(2)27-25-26-16-22-23(17-30(24(22)28-25)20-6-8-21(31)9-7-20)19-10-12-29(13-11-19)35(32,33)15-14-34-3/h16-21,31H,4-15H2,1-3H3,(H,26,27,28). The maximum absolute atomic E-state index is 12.6. The number of aliphatic hydroxyl groups is 1. The second kappa shape index (κ2) is 11.5. The third kappa shape index (κ3) is 6.15. The summed E-state index contributed by atoms with van der Waals surface area (Å²) in [4.78, 5) is 9.60. The quantitative estimate of drug-likeness (QED) is 0.505. The van der Waals surface area contributed by atoms with Crippen LogP contribution in [0, 0.1) is 0 Å². The van der Waals surface area contributed by atoms with Crippen molar-refractivity contribution in [1.29, 1.82) is 0 Å². The molecule has 4 rings (SSSR count). The van der Waals surface area contributed by atoms with Crippen molar-refractivity contribution in [2.45, 2.75) is 89.3 Å². The Labute approximate surface area is 209 Å². The maximum Gasteiger partial charge on any atom is 0.224 e. The van der Waals surface area contributed by atoms with Crippen molar-refractivity contribution in [1.82, 2.24) is 18.8 Å². The zero-order valence-corrected chi connectivity index (χ0v) is 22.1. The fourth-order valence-electron chi connectivity index (χ4n) is 5.55. The zero-order chi connectivity index (χ0) is 25.0. The second-order valence-corrected chi connectivity index (χ2v) is 12.3. The molecule has 1 unspecified atom stereocenters. The van der Waals surface area contributed by atoms with E-state index in [4.69, 9.17) is 9.72 Å². The Morgan fingerprint density at radius 2 is 1.91 bits per heavy atom. The summed E-state index contributed by atoms with van der Waals surface area (Å²) < 4.78 is 34.1. The number of nitrogens with one attached hydrogen (secondary N) is 1. The topological polar surface area (TPSA) is 110 Å². The van der Waals surface area contributed by atoms with E-state index in [0.29, 0.717) is 31.1 Å². The number of methoxy groups -OCH3 is 1. The van der Waals surface area contributed by atoms with Gasteiger partial charge in [-0.1, -0.05) is 13.3 Å². The van der Waals surface area contributed by atoms with Crippen molar-refractivity contribution in [3.05, 3.63) is 18.0 Å². The summed E-state index contributed by atoms with van der Waals surface area (Å²) in [6.45, 7) is 5.59. The molecule has 0 radical (unpaired) electrons. The molecule has 2 N–H and O–H groups in total. The highest BCUT2D eigenvalue weighted by molar-refractivity contribution is 7.89. The Bertz CT molecular complexity index is 1070. The summed E-state index contributed by atoms with van der Waals surface area (Å²) in [5, 5.41) is 14.5. The van der Waals surface area contributed by atoms with Gasteiger partial charge in [-0.3, -0.25) is 0 Å². The molecule has 1 aliphatic heterocycles. The van der Waals surface area contributed by atoms with E-state index in [-0.39, 0.29) is 24.4 Å². The molecule has 0 aromatic carbocycles. The summed E-state index contributed by atoms with van der Waals surface area (Å²) in [6.07, 6.45) is 11.2. The predicted octanol–water partition coefficient (Wildman–Crippen LogP) is 3.66. The molecule has 9 nitrogen and oxygen atoms in total. The smallest absolute Gasteiger partial charge is 0.224 e. The minimum Gasteiger partial charge on any atom is -0.393 e. The van der Waals surface area contributed by atoms with Crippen molar-refractivity contribution in [2.75, 3.05) is 37.9 Å². The van der Waals surface area contributed by atoms with Crippen molar-refractivity contribution < 1.29 is 18.3 Å². The molecule has 1 saturated carbocycles. The van der Waals surface area contributed by atoms with E-state index in [1.54, 1.807) is 4.31 Å². The first-order valence-electron chi connectivity index (χ1n) is 13.1. The van der Waals surface area contributed by atoms with Crippen LogP contribution in [0.5, 0.6) is 0 Å². The predicted molar refractivity (Wildman–Crippen MR) is 138 cm³/mol. The van der Waals surface area contributed by atoms with Gasteiger partial charge in [-0.2, -0.15) is 4.98 Å². The molecule has 35 heavy (non-hydrogen) atoms. The molecule has 2 aromatic heterocycles. The van der Waals surface area contributed by atoms with E-state index < -0.39 is 10.0 Å². The van der Waals surface area contributed by atoms with Crippen LogP contribution in [0.15, 0.2) is 12.4 Å². The lowest BCUT2D eigenvalue weighted by molar-refractivity contribution is 0.111. The van der Waals surface area contributed by atoms with Gasteiger partial charge in [-0.25, -0.2) is 17.7 Å². The Kier molecular flexibility index (Phi) is 8.67. The van der Waals surface area contributed by atoms with Gasteiger partial charge in [-0.15, -0.1) is 0 Å². The lowest BCUT2D eigenvalue weighted by Gasteiger charge is -2.31. The van der Waals surface area contributed by atoms with E-state index in [2.05, 4.69) is 34.9 Å². The second-order valence-electron chi connectivity index (χ2n) is 10.2. The van der Waals surface area contributed by atoms with Crippen LogP contribution in [0.25, 0.3) is 11.0 Å². The number of piperidine rings is 1. The summed E-state index contributed by atoms with van der Waals surface area (Å²) in [5.74, 6) is 0.948. The van der Waals surface area contributed by atoms with Crippen LogP contribution in [-0.4, -0.2) is 77.1 Å². The van der Waals surface area contributed by atoms with Gasteiger partial charge in [0.05, 0.1) is 18.5 Å². The van der Waals surface area contributed by atoms with Crippen molar-refractivity contribution in [3.63, 3.8) is 0 Å². The van der Waals surface area contributed by atoms with Crippen LogP contribution in [0.2, 0.25) is 0 Å². The normalized spacial score (nSPS) is 23.5. The first-order chi connectivity index (χ1) is 16.8. The Balaban J connectivity index is 1.59. The number of aromatic nitrogens is 3. The van der Waals surface area contributed by atoms with E-state index >= 15 is 0 Å². The molecular weight excluding hydrogens is 466 g/mol. The number of ether oxygens (including phenoxy) is 1. The van der Waals surface area contributed by atoms with Crippen molar-refractivity contribution >= 4 is 27.0 Å². The molecule has 0 amide bonds. The van der Waals surface area contributed by atoms with Crippen LogP contribution in [-0.2, 0) is 14.8 Å². The highest BCUT2D eigenvalue weighted by Gasteiger charge is 2.31. The first kappa shape index (κ1) is 26.3. The summed E-state index contributed by atoms with van der Waals surface area (Å²) in [7, 11) is -1.76. The maximum atomic E-state index is 12.6. The first-order valence-corrected chi connectivity index (χ1v) is 14.7. The number of hydrogen-bond donors (Lipinski definition) is 2.